The minimum absolute atomic E-state index is 0.106. The Morgan fingerprint density at radius 3 is 0.791 bits per heavy atom. The van der Waals surface area contributed by atoms with E-state index in [0.29, 0.717) is 25.7 Å². The van der Waals surface area contributed by atoms with E-state index in [1.54, 1.807) is 0 Å². The molecule has 0 fully saturated rings. The van der Waals surface area contributed by atoms with E-state index in [9.17, 15) is 43.2 Å². The number of ether oxygens (including phenoxy) is 4. The second-order valence-corrected chi connectivity index (χ2v) is 27.6. The van der Waals surface area contributed by atoms with E-state index < -0.39 is 97.5 Å². The van der Waals surface area contributed by atoms with Crippen molar-refractivity contribution in [2.24, 2.45) is 5.92 Å². The van der Waals surface area contributed by atoms with E-state index in [1.807, 2.05) is 0 Å². The van der Waals surface area contributed by atoms with Gasteiger partial charge in [0.15, 0.2) is 12.2 Å². The highest BCUT2D eigenvalue weighted by Crippen LogP contribution is 2.45. The summed E-state index contributed by atoms with van der Waals surface area (Å²) in [6.07, 6.45) is 46.1. The fourth-order valence-electron chi connectivity index (χ4n) is 10.1. The van der Waals surface area contributed by atoms with Gasteiger partial charge in [-0.15, -0.1) is 0 Å². The molecule has 0 aromatic rings. The third kappa shape index (κ3) is 60.9. The van der Waals surface area contributed by atoms with Crippen LogP contribution < -0.4 is 0 Å². The van der Waals surface area contributed by atoms with Crippen molar-refractivity contribution in [1.82, 2.24) is 0 Å². The second-order valence-electron chi connectivity index (χ2n) is 24.7. The Bertz CT molecular complexity index is 1670. The lowest BCUT2D eigenvalue weighted by molar-refractivity contribution is -0.161. The molecular formula is C67H130O17P2. The summed E-state index contributed by atoms with van der Waals surface area (Å²) in [6.45, 7) is 7.15. The molecule has 0 aliphatic carbocycles. The Kier molecular flexibility index (Phi) is 59.2. The molecule has 0 aromatic carbocycles. The van der Waals surface area contributed by atoms with Crippen LogP contribution in [0.25, 0.3) is 0 Å². The molecule has 86 heavy (non-hydrogen) atoms. The van der Waals surface area contributed by atoms with Gasteiger partial charge >= 0.3 is 39.5 Å². The predicted octanol–water partition coefficient (Wildman–Crippen LogP) is 19.0. The molecule has 0 heterocycles. The fraction of sp³-hybridized carbons (Fsp3) is 0.940. The van der Waals surface area contributed by atoms with E-state index in [0.717, 1.165) is 102 Å². The Balaban J connectivity index is 5.16. The van der Waals surface area contributed by atoms with Gasteiger partial charge in [-0.3, -0.25) is 37.3 Å². The summed E-state index contributed by atoms with van der Waals surface area (Å²) in [7, 11) is -9.88. The van der Waals surface area contributed by atoms with Crippen LogP contribution in [0.4, 0.5) is 0 Å². The summed E-state index contributed by atoms with van der Waals surface area (Å²) in [5, 5.41) is 10.5. The van der Waals surface area contributed by atoms with Gasteiger partial charge in [0.1, 0.15) is 19.3 Å². The van der Waals surface area contributed by atoms with Crippen molar-refractivity contribution in [3.8, 4) is 0 Å². The summed E-state index contributed by atoms with van der Waals surface area (Å²) in [4.78, 5) is 72.1. The normalized spacial score (nSPS) is 14.2. The smallest absolute Gasteiger partial charge is 0.462 e. The lowest BCUT2D eigenvalue weighted by Gasteiger charge is -2.21. The van der Waals surface area contributed by atoms with Gasteiger partial charge in [-0.2, -0.15) is 0 Å². The van der Waals surface area contributed by atoms with E-state index in [2.05, 4.69) is 34.6 Å². The molecule has 510 valence electrons. The summed E-state index contributed by atoms with van der Waals surface area (Å²) >= 11 is 0. The number of hydrogen-bond donors (Lipinski definition) is 3. The van der Waals surface area contributed by atoms with Gasteiger partial charge in [0.2, 0.25) is 0 Å². The van der Waals surface area contributed by atoms with Crippen LogP contribution in [0.15, 0.2) is 0 Å². The maximum absolute atomic E-state index is 13.0. The monoisotopic (exact) mass is 1270 g/mol. The van der Waals surface area contributed by atoms with Crippen molar-refractivity contribution in [2.45, 2.75) is 361 Å². The minimum atomic E-state index is -4.95. The lowest BCUT2D eigenvalue weighted by atomic mass is 10.0. The highest BCUT2D eigenvalue weighted by atomic mass is 31.2. The molecule has 0 radical (unpaired) electrons. The summed E-state index contributed by atoms with van der Waals surface area (Å²) in [5.74, 6) is -1.35. The third-order valence-electron chi connectivity index (χ3n) is 15.5. The molecule has 0 spiro atoms. The average Bonchev–Trinajstić information content (AvgIpc) is 3.55. The summed E-state index contributed by atoms with van der Waals surface area (Å²) in [5.41, 5.74) is 0. The molecule has 19 heteroatoms. The molecule has 0 saturated carbocycles. The van der Waals surface area contributed by atoms with Gasteiger partial charge < -0.3 is 33.8 Å². The van der Waals surface area contributed by atoms with Crippen LogP contribution in [-0.2, 0) is 65.4 Å². The highest BCUT2D eigenvalue weighted by Gasteiger charge is 2.30. The molecule has 2 unspecified atom stereocenters. The number of unbranched alkanes of at least 4 members (excludes halogenated alkanes) is 39. The van der Waals surface area contributed by atoms with Crippen molar-refractivity contribution in [2.75, 3.05) is 39.6 Å². The van der Waals surface area contributed by atoms with Crippen molar-refractivity contribution < 1.29 is 80.2 Å². The number of carbonyl (C=O) groups is 4. The first-order chi connectivity index (χ1) is 41.5. The van der Waals surface area contributed by atoms with Crippen molar-refractivity contribution in [3.05, 3.63) is 0 Å². The van der Waals surface area contributed by atoms with Gasteiger partial charge in [0, 0.05) is 25.7 Å². The topological polar surface area (TPSA) is 237 Å². The first-order valence-corrected chi connectivity index (χ1v) is 38.1. The zero-order valence-electron chi connectivity index (χ0n) is 55.4. The number of aliphatic hydroxyl groups excluding tert-OH is 1. The quantitative estimate of drug-likeness (QED) is 0.0222. The Labute approximate surface area is 524 Å². The van der Waals surface area contributed by atoms with Gasteiger partial charge in [-0.05, 0) is 31.6 Å². The first kappa shape index (κ1) is 84.1. The molecule has 0 saturated heterocycles. The van der Waals surface area contributed by atoms with Crippen LogP contribution in [0.5, 0.6) is 0 Å². The van der Waals surface area contributed by atoms with Crippen molar-refractivity contribution in [1.29, 1.82) is 0 Å². The number of hydrogen-bond acceptors (Lipinski definition) is 15. The predicted molar refractivity (Wildman–Crippen MR) is 345 cm³/mol. The number of phosphoric ester groups is 2. The zero-order valence-corrected chi connectivity index (χ0v) is 57.2. The molecule has 0 aromatic heterocycles. The van der Waals surface area contributed by atoms with Crippen LogP contribution >= 0.6 is 15.6 Å². The van der Waals surface area contributed by atoms with Gasteiger partial charge in [-0.1, -0.05) is 291 Å². The van der Waals surface area contributed by atoms with Crippen molar-refractivity contribution >= 4 is 39.5 Å². The first-order valence-electron chi connectivity index (χ1n) is 35.1. The van der Waals surface area contributed by atoms with Gasteiger partial charge in [0.05, 0.1) is 26.4 Å². The minimum Gasteiger partial charge on any atom is -0.462 e. The average molecular weight is 1270 g/mol. The van der Waals surface area contributed by atoms with E-state index in [-0.39, 0.29) is 25.7 Å². The third-order valence-corrected chi connectivity index (χ3v) is 17.4. The van der Waals surface area contributed by atoms with Crippen LogP contribution in [0.1, 0.15) is 343 Å². The molecule has 5 atom stereocenters. The number of carbonyl (C=O) groups excluding carboxylic acids is 4. The lowest BCUT2D eigenvalue weighted by Crippen LogP contribution is -2.30. The molecule has 0 bridgehead atoms. The number of aliphatic hydroxyl groups is 1. The Hall–Kier alpha value is -1.94. The Morgan fingerprint density at radius 2 is 0.535 bits per heavy atom. The highest BCUT2D eigenvalue weighted by molar-refractivity contribution is 7.47. The molecule has 17 nitrogen and oxygen atoms in total. The van der Waals surface area contributed by atoms with Gasteiger partial charge in [-0.25, -0.2) is 9.13 Å². The maximum Gasteiger partial charge on any atom is 0.472 e. The zero-order chi connectivity index (χ0) is 63.5. The van der Waals surface area contributed by atoms with Crippen LogP contribution in [0.2, 0.25) is 0 Å². The Morgan fingerprint density at radius 1 is 0.314 bits per heavy atom. The molecule has 0 rings (SSSR count). The van der Waals surface area contributed by atoms with Crippen LogP contribution in [0, 0.1) is 5.92 Å². The standard InChI is InChI=1S/C67H130O17P2/c1-6-9-12-15-17-19-21-22-23-26-29-33-36-41-46-51-65(70)78-57-63(84-67(72)53-48-43-38-34-30-27-24-25-28-31-35-40-44-49-60(4)5)59-82-86(75,76)80-55-61(68)54-79-85(73,74)81-58-62(56-77-64(69)50-45-39-14-11-8-3)83-66(71)52-47-42-37-32-20-18-16-13-10-7-2/h60-63,68H,6-59H2,1-5H3,(H,73,74)(H,75,76)/t61-,62+,63+/m0/s1. The molecule has 0 amide bonds. The number of phosphoric acid groups is 2. The molecule has 0 aliphatic heterocycles. The molecule has 3 N–H and O–H groups in total. The summed E-state index contributed by atoms with van der Waals surface area (Å²) < 4.78 is 67.9. The number of esters is 4. The van der Waals surface area contributed by atoms with Gasteiger partial charge in [0.25, 0.3) is 0 Å². The van der Waals surface area contributed by atoms with Crippen molar-refractivity contribution in [3.63, 3.8) is 0 Å². The number of rotatable bonds is 67. The second kappa shape index (κ2) is 60.6. The molecular weight excluding hydrogens is 1140 g/mol. The van der Waals surface area contributed by atoms with Crippen LogP contribution in [0.3, 0.4) is 0 Å². The van der Waals surface area contributed by atoms with E-state index in [4.69, 9.17) is 37.0 Å². The maximum atomic E-state index is 13.0. The molecule has 0 aliphatic rings. The largest absolute Gasteiger partial charge is 0.472 e. The summed E-state index contributed by atoms with van der Waals surface area (Å²) in [6, 6.07) is 0. The van der Waals surface area contributed by atoms with E-state index in [1.165, 1.54) is 161 Å². The fourth-order valence-corrected chi connectivity index (χ4v) is 11.7. The van der Waals surface area contributed by atoms with E-state index >= 15 is 0 Å². The van der Waals surface area contributed by atoms with Crippen LogP contribution in [-0.4, -0.2) is 96.7 Å². The SMILES string of the molecule is CCCCCCCCCCCCCCCCCC(=O)OC[C@H](COP(=O)(O)OC[C@@H](O)COP(=O)(O)OC[C@@H](COC(=O)CCCCCCC)OC(=O)CCCCCCCCCCCC)OC(=O)CCCCCCCCCCCCCCCC(C)C.